The Kier molecular flexibility index (Phi) is 3.98. The summed E-state index contributed by atoms with van der Waals surface area (Å²) in [6.45, 7) is 2.05. The topological polar surface area (TPSA) is 9.23 Å². The summed E-state index contributed by atoms with van der Waals surface area (Å²) in [4.78, 5) is 0. The van der Waals surface area contributed by atoms with Gasteiger partial charge in [-0.25, -0.2) is 0 Å². The van der Waals surface area contributed by atoms with E-state index in [9.17, 15) is 13.2 Å². The van der Waals surface area contributed by atoms with Gasteiger partial charge < -0.3 is 4.74 Å². The molecule has 4 rings (SSSR count). The van der Waals surface area contributed by atoms with Crippen molar-refractivity contribution in [2.24, 2.45) is 0 Å². The molecule has 1 atom stereocenters. The standard InChI is InChI=1S/C22H17F3O/c1-2-14-7-9-16(10-8-14)18-13-20(22(23,24)25)26-19-12-11-15-5-3-4-6-17(15)21(18)19/h3-13,18H,2H2,1H3. The second-order valence-electron chi connectivity index (χ2n) is 6.40. The molecule has 3 aromatic rings. The van der Waals surface area contributed by atoms with Gasteiger partial charge in [0.05, 0.1) is 0 Å². The normalized spacial score (nSPS) is 16.8. The van der Waals surface area contributed by atoms with Gasteiger partial charge in [0, 0.05) is 11.5 Å². The molecule has 0 saturated carbocycles. The van der Waals surface area contributed by atoms with E-state index in [1.165, 1.54) is 6.08 Å². The molecule has 1 unspecified atom stereocenters. The molecule has 1 heterocycles. The zero-order chi connectivity index (χ0) is 18.3. The van der Waals surface area contributed by atoms with Crippen LogP contribution in [-0.2, 0) is 6.42 Å². The van der Waals surface area contributed by atoms with Crippen LogP contribution in [0.2, 0.25) is 0 Å². The number of hydrogen-bond acceptors (Lipinski definition) is 1. The molecule has 0 radical (unpaired) electrons. The number of aryl methyl sites for hydroxylation is 1. The Morgan fingerprint density at radius 2 is 1.65 bits per heavy atom. The Morgan fingerprint density at radius 3 is 2.35 bits per heavy atom. The first-order chi connectivity index (χ1) is 12.5. The minimum Gasteiger partial charge on any atom is -0.452 e. The maximum Gasteiger partial charge on any atom is 0.449 e. The number of alkyl halides is 3. The highest BCUT2D eigenvalue weighted by molar-refractivity contribution is 5.89. The summed E-state index contributed by atoms with van der Waals surface area (Å²) in [5.74, 6) is -1.19. The summed E-state index contributed by atoms with van der Waals surface area (Å²) in [7, 11) is 0. The molecule has 0 bridgehead atoms. The molecule has 1 aliphatic heterocycles. The summed E-state index contributed by atoms with van der Waals surface area (Å²) in [6.07, 6.45) is -2.45. The quantitative estimate of drug-likeness (QED) is 0.519. The minimum atomic E-state index is -4.52. The van der Waals surface area contributed by atoms with Gasteiger partial charge >= 0.3 is 6.18 Å². The monoisotopic (exact) mass is 354 g/mol. The Balaban J connectivity index is 1.94. The van der Waals surface area contributed by atoms with E-state index in [2.05, 4.69) is 0 Å². The SMILES string of the molecule is CCc1ccc(C2C=C(C(F)(F)F)Oc3ccc4ccccc4c32)cc1. The van der Waals surface area contributed by atoms with Gasteiger partial charge in [-0.05, 0) is 40.5 Å². The average Bonchev–Trinajstić information content (AvgIpc) is 2.66. The highest BCUT2D eigenvalue weighted by atomic mass is 19.4. The van der Waals surface area contributed by atoms with Gasteiger partial charge in [-0.2, -0.15) is 13.2 Å². The number of rotatable bonds is 2. The van der Waals surface area contributed by atoms with Crippen LogP contribution in [0.4, 0.5) is 13.2 Å². The fraction of sp³-hybridized carbons (Fsp3) is 0.182. The molecule has 0 amide bonds. The first kappa shape index (κ1) is 16.7. The van der Waals surface area contributed by atoms with Crippen LogP contribution in [0.5, 0.6) is 5.75 Å². The molecule has 0 spiro atoms. The summed E-state index contributed by atoms with van der Waals surface area (Å²) in [5.41, 5.74) is 2.75. The first-order valence-electron chi connectivity index (χ1n) is 8.54. The third-order valence-corrected chi connectivity index (χ3v) is 4.81. The largest absolute Gasteiger partial charge is 0.452 e. The Morgan fingerprint density at radius 1 is 0.923 bits per heavy atom. The number of halogens is 3. The third-order valence-electron chi connectivity index (χ3n) is 4.81. The van der Waals surface area contributed by atoms with E-state index in [1.54, 1.807) is 12.1 Å². The summed E-state index contributed by atoms with van der Waals surface area (Å²) in [5, 5.41) is 1.89. The summed E-state index contributed by atoms with van der Waals surface area (Å²) >= 11 is 0. The maximum atomic E-state index is 13.4. The van der Waals surface area contributed by atoms with Gasteiger partial charge in [0.15, 0.2) is 0 Å². The highest BCUT2D eigenvalue weighted by Crippen LogP contribution is 2.45. The first-order valence-corrected chi connectivity index (χ1v) is 8.54. The van der Waals surface area contributed by atoms with E-state index in [-0.39, 0.29) is 5.75 Å². The van der Waals surface area contributed by atoms with Crippen LogP contribution < -0.4 is 4.74 Å². The molecule has 0 fully saturated rings. The zero-order valence-electron chi connectivity index (χ0n) is 14.2. The fourth-order valence-electron chi connectivity index (χ4n) is 3.45. The lowest BCUT2D eigenvalue weighted by Crippen LogP contribution is -2.22. The fourth-order valence-corrected chi connectivity index (χ4v) is 3.45. The molecule has 0 aromatic heterocycles. The molecular formula is C22H17F3O. The van der Waals surface area contributed by atoms with Crippen molar-refractivity contribution in [3.63, 3.8) is 0 Å². The maximum absolute atomic E-state index is 13.4. The van der Waals surface area contributed by atoms with Crippen LogP contribution in [0.25, 0.3) is 10.8 Å². The summed E-state index contributed by atoms with van der Waals surface area (Å²) in [6, 6.07) is 18.9. The van der Waals surface area contributed by atoms with E-state index in [1.807, 2.05) is 55.5 Å². The highest BCUT2D eigenvalue weighted by Gasteiger charge is 2.40. The predicted octanol–water partition coefficient (Wildman–Crippen LogP) is 6.37. The molecule has 0 saturated heterocycles. The molecule has 26 heavy (non-hydrogen) atoms. The number of fused-ring (bicyclic) bond motifs is 3. The minimum absolute atomic E-state index is 0.267. The Labute approximate surface area is 149 Å². The Hall–Kier alpha value is -2.75. The van der Waals surface area contributed by atoms with Gasteiger partial charge in [-0.3, -0.25) is 0 Å². The van der Waals surface area contributed by atoms with Crippen molar-refractivity contribution in [2.75, 3.05) is 0 Å². The van der Waals surface area contributed by atoms with Gasteiger partial charge in [-0.15, -0.1) is 0 Å². The van der Waals surface area contributed by atoms with Crippen molar-refractivity contribution < 1.29 is 17.9 Å². The van der Waals surface area contributed by atoms with Crippen LogP contribution >= 0.6 is 0 Å². The molecule has 0 N–H and O–H groups in total. The van der Waals surface area contributed by atoms with Crippen molar-refractivity contribution in [1.82, 2.24) is 0 Å². The van der Waals surface area contributed by atoms with Gasteiger partial charge in [0.25, 0.3) is 0 Å². The van der Waals surface area contributed by atoms with Gasteiger partial charge in [0.1, 0.15) is 5.75 Å². The second-order valence-corrected chi connectivity index (χ2v) is 6.40. The van der Waals surface area contributed by atoms with Gasteiger partial charge in [-0.1, -0.05) is 61.5 Å². The van der Waals surface area contributed by atoms with Crippen LogP contribution in [0.1, 0.15) is 29.5 Å². The van der Waals surface area contributed by atoms with Gasteiger partial charge in [0.2, 0.25) is 5.76 Å². The molecule has 3 aromatic carbocycles. The molecule has 132 valence electrons. The van der Waals surface area contributed by atoms with Crippen molar-refractivity contribution in [1.29, 1.82) is 0 Å². The molecular weight excluding hydrogens is 337 g/mol. The zero-order valence-corrected chi connectivity index (χ0v) is 14.2. The van der Waals surface area contributed by atoms with Crippen molar-refractivity contribution in [2.45, 2.75) is 25.4 Å². The third kappa shape index (κ3) is 2.85. The molecule has 0 aliphatic carbocycles. The van der Waals surface area contributed by atoms with Crippen molar-refractivity contribution >= 4 is 10.8 Å². The predicted molar refractivity (Wildman–Crippen MR) is 96.4 cm³/mol. The van der Waals surface area contributed by atoms with E-state index in [0.717, 1.165) is 33.9 Å². The molecule has 4 heteroatoms. The van der Waals surface area contributed by atoms with Crippen molar-refractivity contribution in [3.8, 4) is 5.75 Å². The molecule has 1 aliphatic rings. The van der Waals surface area contributed by atoms with Crippen LogP contribution in [0.15, 0.2) is 72.5 Å². The van der Waals surface area contributed by atoms with E-state index in [4.69, 9.17) is 4.74 Å². The lowest BCUT2D eigenvalue weighted by molar-refractivity contribution is -0.117. The lowest BCUT2D eigenvalue weighted by atomic mass is 9.85. The van der Waals surface area contributed by atoms with Crippen LogP contribution in [0, 0.1) is 0 Å². The molecule has 1 nitrogen and oxygen atoms in total. The summed E-state index contributed by atoms with van der Waals surface area (Å²) < 4.78 is 45.3. The number of ether oxygens (including phenoxy) is 1. The van der Waals surface area contributed by atoms with Crippen LogP contribution in [-0.4, -0.2) is 6.18 Å². The number of hydrogen-bond donors (Lipinski definition) is 0. The van der Waals surface area contributed by atoms with Crippen molar-refractivity contribution in [3.05, 3.63) is 89.2 Å². The van der Waals surface area contributed by atoms with E-state index in [0.29, 0.717) is 0 Å². The van der Waals surface area contributed by atoms with Crippen LogP contribution in [0.3, 0.4) is 0 Å². The number of allylic oxidation sites excluding steroid dienone is 2. The van der Waals surface area contributed by atoms with E-state index < -0.39 is 17.9 Å². The second kappa shape index (κ2) is 6.20. The van der Waals surface area contributed by atoms with E-state index >= 15 is 0 Å². The smallest absolute Gasteiger partial charge is 0.449 e. The number of benzene rings is 3. The Bertz CT molecular complexity index is 984. The lowest BCUT2D eigenvalue weighted by Gasteiger charge is -2.27. The average molecular weight is 354 g/mol.